The van der Waals surface area contributed by atoms with Gasteiger partial charge in [-0.15, -0.1) is 0 Å². The third kappa shape index (κ3) is 328. The molecule has 13 heavy (non-hydrogen) atoms. The van der Waals surface area contributed by atoms with Gasteiger partial charge in [0.15, 0.2) is 17.4 Å². The van der Waals surface area contributed by atoms with Crippen LogP contribution in [0.3, 0.4) is 0 Å². The van der Waals surface area contributed by atoms with Crippen molar-refractivity contribution in [1.29, 1.82) is 0 Å². The van der Waals surface area contributed by atoms with E-state index in [1.165, 1.54) is 0 Å². The van der Waals surface area contributed by atoms with Crippen LogP contribution < -0.4 is 0 Å². The Morgan fingerprint density at radius 3 is 0.615 bits per heavy atom. The monoisotopic (exact) mass is 250 g/mol. The van der Waals surface area contributed by atoms with E-state index in [1.54, 1.807) is 0 Å². The quantitative estimate of drug-likeness (QED) is 0.235. The van der Waals surface area contributed by atoms with Crippen molar-refractivity contribution < 1.29 is 44.2 Å². The molecule has 0 radical (unpaired) electrons. The first-order valence-electron chi connectivity index (χ1n) is 1.55. The predicted molar refractivity (Wildman–Crippen MR) is 62.3 cm³/mol. The Balaban J connectivity index is -0.00000000218. The predicted octanol–water partition coefficient (Wildman–Crippen LogP) is -6.58. The minimum Gasteiger partial charge on any atom is -1.00 e. The molecule has 0 spiro atoms. The normalized spacial score (nSPS) is 4.15. The summed E-state index contributed by atoms with van der Waals surface area (Å²) in [6.07, 6.45) is 0. The van der Waals surface area contributed by atoms with Crippen molar-refractivity contribution in [2.75, 3.05) is 0 Å². The van der Waals surface area contributed by atoms with Crippen molar-refractivity contribution in [3.63, 3.8) is 0 Å². The van der Waals surface area contributed by atoms with Crippen molar-refractivity contribution in [3.8, 4) is 0 Å². The molecule has 74 valence electrons. The van der Waals surface area contributed by atoms with Gasteiger partial charge in [0.1, 0.15) is 0 Å². The molecule has 7 nitrogen and oxygen atoms in total. The Hall–Kier alpha value is 2.68. The average molecular weight is 251 g/mol. The average Bonchev–Trinajstić information content (AvgIpc) is 1.25. The molecule has 0 aromatic rings. The third-order valence-electron chi connectivity index (χ3n) is 0. The molecule has 0 aliphatic carbocycles. The van der Waals surface area contributed by atoms with Crippen LogP contribution in [0.2, 0.25) is 0 Å². The van der Waals surface area contributed by atoms with Gasteiger partial charge in [-0.25, -0.2) is 0 Å². The molecule has 0 heterocycles. The molecule has 0 aromatic heterocycles. The molecule has 0 aliphatic heterocycles. The largest absolute Gasteiger partial charge is 2.00 e. The van der Waals surface area contributed by atoms with E-state index < -0.39 is 14.6 Å². The van der Waals surface area contributed by atoms with E-state index in [4.69, 9.17) is 30.1 Å². The van der Waals surface area contributed by atoms with Crippen molar-refractivity contribution in [2.45, 2.75) is 0 Å². The maximum Gasteiger partial charge on any atom is 2.00 e. The summed E-state index contributed by atoms with van der Waals surface area (Å²) in [6, 6.07) is 0. The second kappa shape index (κ2) is 36.5. The summed E-state index contributed by atoms with van der Waals surface area (Å²) in [4.78, 5) is 0. The van der Waals surface area contributed by atoms with Crippen molar-refractivity contribution >= 4 is 101 Å². The SMILES string of the molecule is O.OB(O)O.OB(O)O.[AlH3].[H-].[H-].[H-].[H-].[H-].[H-].[Mg+2].[Mg+2].[Mg+2]. The van der Waals surface area contributed by atoms with Gasteiger partial charge >= 0.3 is 83.8 Å². The molecule has 8 N–H and O–H groups in total. The fourth-order valence-electron chi connectivity index (χ4n) is 0. The van der Waals surface area contributed by atoms with E-state index in [0.29, 0.717) is 0 Å². The first-order chi connectivity index (χ1) is 3.46. The summed E-state index contributed by atoms with van der Waals surface area (Å²) >= 11 is 0. The van der Waals surface area contributed by atoms with Crippen LogP contribution in [-0.4, -0.2) is 137 Å². The van der Waals surface area contributed by atoms with Gasteiger partial charge in [-0.1, -0.05) is 0 Å². The number of hydrogen-bond acceptors (Lipinski definition) is 6. The molecule has 0 bridgehead atoms. The van der Waals surface area contributed by atoms with Crippen LogP contribution in [0.4, 0.5) is 0 Å². The summed E-state index contributed by atoms with van der Waals surface area (Å²) in [5, 5.41) is 43.0. The zero-order valence-corrected chi connectivity index (χ0v) is 10.7. The van der Waals surface area contributed by atoms with Crippen molar-refractivity contribution in [1.82, 2.24) is 0 Å². The minimum absolute atomic E-state index is 0. The van der Waals surface area contributed by atoms with Gasteiger partial charge in [0.05, 0.1) is 0 Å². The molecular weight excluding hydrogens is 234 g/mol. The standard InChI is InChI=1S/Al.2BH3O3.3Mg.H2O.9H/c;2*2-1(3)4;;;;;;;;;;;;;/h;2*2-4H;;;;1H2;;;;;;;;;/q;;;3*+2;;;;;6*-1. The third-order valence-corrected chi connectivity index (χ3v) is 0. The Morgan fingerprint density at radius 1 is 0.615 bits per heavy atom. The van der Waals surface area contributed by atoms with Gasteiger partial charge < -0.3 is 44.2 Å². The summed E-state index contributed by atoms with van der Waals surface area (Å²) in [5.41, 5.74) is 0. The van der Waals surface area contributed by atoms with E-state index in [9.17, 15) is 0 Å². The Bertz CT molecular complexity index is 54.3. The molecule has 0 unspecified atom stereocenters. The maximum atomic E-state index is 7.17. The van der Waals surface area contributed by atoms with Crippen LogP contribution >= 0.6 is 0 Å². The van der Waals surface area contributed by atoms with Crippen LogP contribution in [0.1, 0.15) is 8.56 Å². The summed E-state index contributed by atoms with van der Waals surface area (Å²) < 4.78 is 0. The molecule has 13 heteroatoms. The molecular formula is H17AlB2Mg3O7. The molecule has 0 atom stereocenters. The minimum atomic E-state index is -2.17. The van der Waals surface area contributed by atoms with Gasteiger partial charge in [-0.05, 0) is 0 Å². The molecule has 0 aliphatic rings. The zero-order valence-electron chi connectivity index (χ0n) is 12.5. The summed E-state index contributed by atoms with van der Waals surface area (Å²) in [6.45, 7) is 0. The van der Waals surface area contributed by atoms with Gasteiger partial charge in [-0.2, -0.15) is 0 Å². The van der Waals surface area contributed by atoms with Gasteiger partial charge in [0.2, 0.25) is 0 Å². The maximum absolute atomic E-state index is 7.17. The fourth-order valence-corrected chi connectivity index (χ4v) is 0. The summed E-state index contributed by atoms with van der Waals surface area (Å²) in [5.74, 6) is 0. The van der Waals surface area contributed by atoms with Crippen LogP contribution in [0, 0.1) is 0 Å². The van der Waals surface area contributed by atoms with E-state index in [2.05, 4.69) is 0 Å². The molecule has 0 saturated heterocycles. The molecule has 0 fully saturated rings. The van der Waals surface area contributed by atoms with Crippen LogP contribution in [-0.2, 0) is 0 Å². The van der Waals surface area contributed by atoms with Crippen LogP contribution in [0.25, 0.3) is 0 Å². The van der Waals surface area contributed by atoms with Gasteiger partial charge in [-0.3, -0.25) is 0 Å². The second-order valence-electron chi connectivity index (χ2n) is 0.693. The molecule has 0 rings (SSSR count). The first-order valence-corrected chi connectivity index (χ1v) is 1.55. The molecule has 0 saturated carbocycles. The van der Waals surface area contributed by atoms with Crippen LogP contribution in [0.5, 0.6) is 0 Å². The van der Waals surface area contributed by atoms with E-state index in [0.717, 1.165) is 0 Å². The molecule has 0 aromatic carbocycles. The summed E-state index contributed by atoms with van der Waals surface area (Å²) in [7, 11) is -4.33. The Morgan fingerprint density at radius 2 is 0.615 bits per heavy atom. The number of hydrogen-bond donors (Lipinski definition) is 6. The van der Waals surface area contributed by atoms with Crippen molar-refractivity contribution in [2.24, 2.45) is 0 Å². The van der Waals surface area contributed by atoms with Crippen molar-refractivity contribution in [3.05, 3.63) is 0 Å². The van der Waals surface area contributed by atoms with E-state index in [-0.39, 0.29) is 101 Å². The fraction of sp³-hybridized carbons (Fsp3) is 0. The Kier molecular flexibility index (Phi) is 126. The number of rotatable bonds is 0. The first kappa shape index (κ1) is 44.8. The van der Waals surface area contributed by atoms with Crippen LogP contribution in [0.15, 0.2) is 0 Å². The van der Waals surface area contributed by atoms with Gasteiger partial charge in [0, 0.05) is 0 Å². The molecule has 0 amide bonds. The van der Waals surface area contributed by atoms with E-state index >= 15 is 0 Å². The Labute approximate surface area is 144 Å². The van der Waals surface area contributed by atoms with Gasteiger partial charge in [0.25, 0.3) is 0 Å². The zero-order chi connectivity index (χ0) is 7.15. The topological polar surface area (TPSA) is 153 Å². The van der Waals surface area contributed by atoms with E-state index in [1.807, 2.05) is 0 Å². The smallest absolute Gasteiger partial charge is 1.00 e. The second-order valence-corrected chi connectivity index (χ2v) is 0.693.